The van der Waals surface area contributed by atoms with Gasteiger partial charge < -0.3 is 4.90 Å². The summed E-state index contributed by atoms with van der Waals surface area (Å²) in [5.74, 6) is 0.256. The maximum absolute atomic E-state index is 11.7. The van der Waals surface area contributed by atoms with Crippen LogP contribution in [0.15, 0.2) is 11.4 Å². The molecule has 1 fully saturated rings. The predicted octanol–water partition coefficient (Wildman–Crippen LogP) is 3.43. The topological polar surface area (TPSA) is 23.6 Å². The number of likely N-dealkylation sites (tertiary alicyclic amines) is 1. The SMILES string of the molecule is CCC(=O)c1csc(C(C)N2CCC(N(C)C)CC2)c1. The fourth-order valence-electron chi connectivity index (χ4n) is 2.89. The van der Waals surface area contributed by atoms with Crippen LogP contribution < -0.4 is 0 Å². The average molecular weight is 294 g/mol. The molecule has 2 rings (SSSR count). The van der Waals surface area contributed by atoms with E-state index in [1.54, 1.807) is 11.3 Å². The Kier molecular flexibility index (Phi) is 5.35. The molecule has 0 N–H and O–H groups in total. The highest BCUT2D eigenvalue weighted by molar-refractivity contribution is 7.10. The normalized spacial score (nSPS) is 19.4. The molecule has 20 heavy (non-hydrogen) atoms. The number of hydrogen-bond donors (Lipinski definition) is 0. The lowest BCUT2D eigenvalue weighted by Gasteiger charge is -2.38. The summed E-state index contributed by atoms with van der Waals surface area (Å²) >= 11 is 1.73. The average Bonchev–Trinajstić information content (AvgIpc) is 2.95. The number of carbonyl (C=O) groups is 1. The third-order valence-corrected chi connectivity index (χ3v) is 5.55. The molecule has 1 aromatic heterocycles. The van der Waals surface area contributed by atoms with E-state index in [1.165, 1.54) is 17.7 Å². The van der Waals surface area contributed by atoms with Gasteiger partial charge in [0.2, 0.25) is 0 Å². The van der Waals surface area contributed by atoms with Crippen LogP contribution in [-0.4, -0.2) is 48.8 Å². The minimum atomic E-state index is 0.256. The molecule has 2 heterocycles. The van der Waals surface area contributed by atoms with Gasteiger partial charge in [0.05, 0.1) is 0 Å². The smallest absolute Gasteiger partial charge is 0.163 e. The molecule has 0 aromatic carbocycles. The van der Waals surface area contributed by atoms with Crippen LogP contribution in [0.1, 0.15) is 54.4 Å². The summed E-state index contributed by atoms with van der Waals surface area (Å²) in [4.78, 5) is 17.9. The first-order chi connectivity index (χ1) is 9.52. The molecule has 1 aliphatic heterocycles. The van der Waals surface area contributed by atoms with Crippen molar-refractivity contribution in [1.82, 2.24) is 9.80 Å². The predicted molar refractivity (Wildman–Crippen MR) is 85.6 cm³/mol. The summed E-state index contributed by atoms with van der Waals surface area (Å²) in [6.07, 6.45) is 3.08. The lowest BCUT2D eigenvalue weighted by molar-refractivity contribution is 0.0988. The Hall–Kier alpha value is -0.710. The van der Waals surface area contributed by atoms with E-state index in [9.17, 15) is 4.79 Å². The minimum Gasteiger partial charge on any atom is -0.306 e. The quantitative estimate of drug-likeness (QED) is 0.777. The van der Waals surface area contributed by atoms with Gasteiger partial charge in [0.25, 0.3) is 0 Å². The fourth-order valence-corrected chi connectivity index (χ4v) is 3.90. The monoisotopic (exact) mass is 294 g/mol. The minimum absolute atomic E-state index is 0.256. The summed E-state index contributed by atoms with van der Waals surface area (Å²) in [5.41, 5.74) is 0.891. The van der Waals surface area contributed by atoms with E-state index in [2.05, 4.69) is 36.9 Å². The zero-order valence-electron chi connectivity index (χ0n) is 13.1. The highest BCUT2D eigenvalue weighted by Gasteiger charge is 2.25. The third kappa shape index (κ3) is 3.48. The van der Waals surface area contributed by atoms with Crippen molar-refractivity contribution in [3.63, 3.8) is 0 Å². The molecule has 0 aliphatic carbocycles. The highest BCUT2D eigenvalue weighted by atomic mass is 32.1. The number of Topliss-reactive ketones (excluding diaryl/α,β-unsaturated/α-hetero) is 1. The number of ketones is 1. The molecule has 3 nitrogen and oxygen atoms in total. The van der Waals surface area contributed by atoms with Gasteiger partial charge in [-0.25, -0.2) is 0 Å². The number of nitrogens with zero attached hydrogens (tertiary/aromatic N) is 2. The number of carbonyl (C=O) groups excluding carboxylic acids is 1. The van der Waals surface area contributed by atoms with Crippen molar-refractivity contribution in [2.24, 2.45) is 0 Å². The third-order valence-electron chi connectivity index (χ3n) is 4.45. The number of piperidine rings is 1. The first-order valence-corrected chi connectivity index (χ1v) is 8.43. The van der Waals surface area contributed by atoms with Crippen LogP contribution in [-0.2, 0) is 0 Å². The van der Waals surface area contributed by atoms with Crippen LogP contribution in [0.2, 0.25) is 0 Å². The van der Waals surface area contributed by atoms with Gasteiger partial charge in [-0.05, 0) is 39.9 Å². The Morgan fingerprint density at radius 2 is 2.10 bits per heavy atom. The van der Waals surface area contributed by atoms with Crippen molar-refractivity contribution in [1.29, 1.82) is 0 Å². The summed E-state index contributed by atoms with van der Waals surface area (Å²) in [7, 11) is 4.34. The number of hydrogen-bond acceptors (Lipinski definition) is 4. The van der Waals surface area contributed by atoms with Gasteiger partial charge in [-0.3, -0.25) is 9.69 Å². The van der Waals surface area contributed by atoms with Crippen molar-refractivity contribution in [2.75, 3.05) is 27.2 Å². The lowest BCUT2D eigenvalue weighted by Crippen LogP contribution is -2.42. The van der Waals surface area contributed by atoms with Gasteiger partial charge in [0.1, 0.15) is 0 Å². The van der Waals surface area contributed by atoms with Crippen LogP contribution >= 0.6 is 11.3 Å². The highest BCUT2D eigenvalue weighted by Crippen LogP contribution is 2.30. The van der Waals surface area contributed by atoms with Gasteiger partial charge in [-0.2, -0.15) is 0 Å². The molecule has 0 saturated carbocycles. The summed E-state index contributed by atoms with van der Waals surface area (Å²) in [6, 6.07) is 3.25. The van der Waals surface area contributed by atoms with E-state index in [1.807, 2.05) is 12.3 Å². The summed E-state index contributed by atoms with van der Waals surface area (Å²) in [5, 5.41) is 2.02. The van der Waals surface area contributed by atoms with Crippen molar-refractivity contribution >= 4 is 17.1 Å². The van der Waals surface area contributed by atoms with Gasteiger partial charge in [0.15, 0.2) is 5.78 Å². The van der Waals surface area contributed by atoms with E-state index in [-0.39, 0.29) is 5.78 Å². The molecule has 1 atom stereocenters. The lowest BCUT2D eigenvalue weighted by atomic mass is 10.0. The van der Waals surface area contributed by atoms with Crippen molar-refractivity contribution in [3.05, 3.63) is 21.9 Å². The first-order valence-electron chi connectivity index (χ1n) is 7.55. The van der Waals surface area contributed by atoms with Crippen molar-refractivity contribution in [2.45, 2.75) is 45.2 Å². The molecule has 0 bridgehead atoms. The molecule has 1 aliphatic rings. The standard InChI is InChI=1S/C16H26N2OS/c1-5-15(19)13-10-16(20-11-13)12(2)18-8-6-14(7-9-18)17(3)4/h10-12,14H,5-9H2,1-4H3. The molecule has 0 amide bonds. The van der Waals surface area contributed by atoms with Gasteiger partial charge in [-0.15, -0.1) is 11.3 Å². The maximum Gasteiger partial charge on any atom is 0.163 e. The number of thiophene rings is 1. The Bertz CT molecular complexity index is 447. The molecule has 1 saturated heterocycles. The molecular weight excluding hydrogens is 268 g/mol. The summed E-state index contributed by atoms with van der Waals surface area (Å²) < 4.78 is 0. The van der Waals surface area contributed by atoms with Crippen LogP contribution in [0.5, 0.6) is 0 Å². The van der Waals surface area contributed by atoms with E-state index in [0.717, 1.165) is 24.7 Å². The Morgan fingerprint density at radius 3 is 2.65 bits per heavy atom. The van der Waals surface area contributed by atoms with Gasteiger partial charge in [0, 0.05) is 47.4 Å². The zero-order chi connectivity index (χ0) is 14.7. The summed E-state index contributed by atoms with van der Waals surface area (Å²) in [6.45, 7) is 6.50. The molecule has 112 valence electrons. The van der Waals surface area contributed by atoms with Crippen LogP contribution in [0, 0.1) is 0 Å². The second kappa shape index (κ2) is 6.83. The Balaban J connectivity index is 1.96. The van der Waals surface area contributed by atoms with Gasteiger partial charge >= 0.3 is 0 Å². The second-order valence-corrected chi connectivity index (χ2v) is 6.86. The molecule has 1 unspecified atom stereocenters. The van der Waals surface area contributed by atoms with Crippen molar-refractivity contribution < 1.29 is 4.79 Å². The van der Waals surface area contributed by atoms with E-state index < -0.39 is 0 Å². The second-order valence-electron chi connectivity index (χ2n) is 5.92. The van der Waals surface area contributed by atoms with E-state index in [4.69, 9.17) is 0 Å². The maximum atomic E-state index is 11.7. The van der Waals surface area contributed by atoms with Gasteiger partial charge in [-0.1, -0.05) is 6.92 Å². The molecule has 1 aromatic rings. The Labute approximate surface area is 126 Å². The number of rotatable bonds is 5. The van der Waals surface area contributed by atoms with E-state index in [0.29, 0.717) is 12.5 Å². The van der Waals surface area contributed by atoms with Crippen molar-refractivity contribution in [3.8, 4) is 0 Å². The zero-order valence-corrected chi connectivity index (χ0v) is 13.9. The fraction of sp³-hybridized carbons (Fsp3) is 0.688. The first kappa shape index (κ1) is 15.7. The molecule has 4 heteroatoms. The molecular formula is C16H26N2OS. The molecule has 0 spiro atoms. The van der Waals surface area contributed by atoms with Crippen LogP contribution in [0.25, 0.3) is 0 Å². The molecule has 0 radical (unpaired) electrons. The Morgan fingerprint density at radius 1 is 1.45 bits per heavy atom. The van der Waals surface area contributed by atoms with Crippen LogP contribution in [0.4, 0.5) is 0 Å². The van der Waals surface area contributed by atoms with Crippen LogP contribution in [0.3, 0.4) is 0 Å². The largest absolute Gasteiger partial charge is 0.306 e. The van der Waals surface area contributed by atoms with E-state index >= 15 is 0 Å².